The Balaban J connectivity index is 1.94. The summed E-state index contributed by atoms with van der Waals surface area (Å²) in [5.74, 6) is 0.153. The number of rotatable bonds is 8. The van der Waals surface area contributed by atoms with E-state index in [1.54, 1.807) is 6.07 Å². The molecule has 0 saturated carbocycles. The predicted octanol–water partition coefficient (Wildman–Crippen LogP) is 1.53. The summed E-state index contributed by atoms with van der Waals surface area (Å²) < 4.78 is 39.1. The summed E-state index contributed by atoms with van der Waals surface area (Å²) in [6.07, 6.45) is 0.396. The van der Waals surface area contributed by atoms with Gasteiger partial charge in [-0.05, 0) is 30.5 Å². The molecule has 9 heteroatoms. The summed E-state index contributed by atoms with van der Waals surface area (Å²) in [5, 5.41) is 0. The number of carbonyl (C=O) groups excluding carboxylic acids is 2. The van der Waals surface area contributed by atoms with Crippen molar-refractivity contribution in [3.8, 4) is 11.5 Å². The molecule has 1 aromatic rings. The third kappa shape index (κ3) is 5.85. The standard InChI is InChI=1S/C19H27NO7S/c1-13(2)10-26-16-6-5-14(9-17(16)25-4)19(22)27-11-18(21)20(3)15-7-8-28(23,24)12-15/h5-6,9,13,15H,7-8,10-12H2,1-4H3/t15-/m0/s1. The Morgan fingerprint density at radius 2 is 1.96 bits per heavy atom. The molecule has 1 amide bonds. The number of esters is 1. The minimum atomic E-state index is -3.10. The van der Waals surface area contributed by atoms with E-state index in [1.807, 2.05) is 13.8 Å². The molecule has 0 radical (unpaired) electrons. The minimum Gasteiger partial charge on any atom is -0.493 e. The predicted molar refractivity (Wildman–Crippen MR) is 103 cm³/mol. The maximum atomic E-state index is 12.3. The van der Waals surface area contributed by atoms with Crippen LogP contribution in [0, 0.1) is 5.92 Å². The summed E-state index contributed by atoms with van der Waals surface area (Å²) >= 11 is 0. The largest absolute Gasteiger partial charge is 0.493 e. The van der Waals surface area contributed by atoms with Gasteiger partial charge < -0.3 is 19.1 Å². The van der Waals surface area contributed by atoms with E-state index in [9.17, 15) is 18.0 Å². The van der Waals surface area contributed by atoms with Crippen LogP contribution >= 0.6 is 0 Å². The van der Waals surface area contributed by atoms with Crippen LogP contribution in [-0.2, 0) is 19.4 Å². The van der Waals surface area contributed by atoms with Gasteiger partial charge in [-0.25, -0.2) is 13.2 Å². The van der Waals surface area contributed by atoms with Crippen LogP contribution in [0.3, 0.4) is 0 Å². The van der Waals surface area contributed by atoms with Crippen LogP contribution in [0.15, 0.2) is 18.2 Å². The minimum absolute atomic E-state index is 0.0573. The molecule has 1 fully saturated rings. The third-order valence-electron chi connectivity index (χ3n) is 4.45. The van der Waals surface area contributed by atoms with Gasteiger partial charge in [-0.1, -0.05) is 13.8 Å². The van der Waals surface area contributed by atoms with Gasteiger partial charge in [0.1, 0.15) is 0 Å². The highest BCUT2D eigenvalue weighted by molar-refractivity contribution is 7.91. The van der Waals surface area contributed by atoms with Crippen molar-refractivity contribution in [2.45, 2.75) is 26.3 Å². The molecule has 0 spiro atoms. The first-order valence-corrected chi connectivity index (χ1v) is 10.9. The van der Waals surface area contributed by atoms with E-state index in [1.165, 1.54) is 31.2 Å². The van der Waals surface area contributed by atoms with E-state index in [0.29, 0.717) is 30.4 Å². The molecule has 1 saturated heterocycles. The van der Waals surface area contributed by atoms with Crippen molar-refractivity contribution in [3.63, 3.8) is 0 Å². The fraction of sp³-hybridized carbons (Fsp3) is 0.579. The molecule has 8 nitrogen and oxygen atoms in total. The van der Waals surface area contributed by atoms with Gasteiger partial charge in [-0.15, -0.1) is 0 Å². The second-order valence-electron chi connectivity index (χ2n) is 7.21. The molecule has 0 aliphatic carbocycles. The number of sulfone groups is 1. The topological polar surface area (TPSA) is 99.2 Å². The number of ether oxygens (including phenoxy) is 3. The maximum absolute atomic E-state index is 12.3. The number of hydrogen-bond donors (Lipinski definition) is 0. The highest BCUT2D eigenvalue weighted by Crippen LogP contribution is 2.28. The quantitative estimate of drug-likeness (QED) is 0.596. The molecule has 0 aromatic heterocycles. The molecule has 1 atom stereocenters. The number of likely N-dealkylation sites (N-methyl/N-ethyl adjacent to an activating group) is 1. The zero-order valence-corrected chi connectivity index (χ0v) is 17.5. The maximum Gasteiger partial charge on any atom is 0.338 e. The van der Waals surface area contributed by atoms with Gasteiger partial charge in [0.2, 0.25) is 0 Å². The van der Waals surface area contributed by atoms with Gasteiger partial charge in [0.05, 0.1) is 30.8 Å². The molecular weight excluding hydrogens is 386 g/mol. The van der Waals surface area contributed by atoms with Crippen LogP contribution in [0.4, 0.5) is 0 Å². The average Bonchev–Trinajstić information content (AvgIpc) is 3.02. The van der Waals surface area contributed by atoms with Crippen LogP contribution in [0.5, 0.6) is 11.5 Å². The van der Waals surface area contributed by atoms with Crippen LogP contribution in [0.1, 0.15) is 30.6 Å². The highest BCUT2D eigenvalue weighted by Gasteiger charge is 2.33. The van der Waals surface area contributed by atoms with E-state index >= 15 is 0 Å². The summed E-state index contributed by atoms with van der Waals surface area (Å²) in [6.45, 7) is 4.10. The third-order valence-corrected chi connectivity index (χ3v) is 6.20. The monoisotopic (exact) mass is 413 g/mol. The van der Waals surface area contributed by atoms with E-state index in [-0.39, 0.29) is 23.1 Å². The fourth-order valence-electron chi connectivity index (χ4n) is 2.77. The lowest BCUT2D eigenvalue weighted by Gasteiger charge is -2.23. The number of nitrogens with zero attached hydrogens (tertiary/aromatic N) is 1. The van der Waals surface area contributed by atoms with Crippen molar-refractivity contribution in [3.05, 3.63) is 23.8 Å². The smallest absolute Gasteiger partial charge is 0.338 e. The Bertz CT molecular complexity index is 820. The van der Waals surface area contributed by atoms with Crippen LogP contribution in [-0.4, -0.2) is 70.1 Å². The van der Waals surface area contributed by atoms with Gasteiger partial charge in [0.25, 0.3) is 5.91 Å². The lowest BCUT2D eigenvalue weighted by Crippen LogP contribution is -2.40. The van der Waals surface area contributed by atoms with Gasteiger partial charge in [0, 0.05) is 13.1 Å². The number of carbonyl (C=O) groups is 2. The van der Waals surface area contributed by atoms with E-state index < -0.39 is 28.3 Å². The molecular formula is C19H27NO7S. The Hall–Kier alpha value is -2.29. The Morgan fingerprint density at radius 1 is 1.25 bits per heavy atom. The van der Waals surface area contributed by atoms with Crippen molar-refractivity contribution in [2.24, 2.45) is 5.92 Å². The van der Waals surface area contributed by atoms with Crippen molar-refractivity contribution >= 4 is 21.7 Å². The second kappa shape index (κ2) is 9.27. The summed E-state index contributed by atoms with van der Waals surface area (Å²) in [7, 11) is -0.105. The van der Waals surface area contributed by atoms with E-state index in [0.717, 1.165) is 0 Å². The molecule has 28 heavy (non-hydrogen) atoms. The Labute approximate surface area is 165 Å². The van der Waals surface area contributed by atoms with Gasteiger partial charge in [-0.2, -0.15) is 0 Å². The molecule has 0 bridgehead atoms. The molecule has 1 aromatic carbocycles. The SMILES string of the molecule is COc1cc(C(=O)OCC(=O)N(C)[C@H]2CCS(=O)(=O)C2)ccc1OCC(C)C. The first-order valence-electron chi connectivity index (χ1n) is 9.07. The molecule has 0 unspecified atom stereocenters. The molecule has 2 rings (SSSR count). The van der Waals surface area contributed by atoms with Gasteiger partial charge in [-0.3, -0.25) is 4.79 Å². The van der Waals surface area contributed by atoms with Gasteiger partial charge >= 0.3 is 5.97 Å². The zero-order valence-electron chi connectivity index (χ0n) is 16.6. The molecule has 1 heterocycles. The lowest BCUT2D eigenvalue weighted by atomic mass is 10.2. The van der Waals surface area contributed by atoms with Crippen LogP contribution in [0.25, 0.3) is 0 Å². The van der Waals surface area contributed by atoms with E-state index in [4.69, 9.17) is 14.2 Å². The summed E-state index contributed by atoms with van der Waals surface area (Å²) in [4.78, 5) is 25.8. The highest BCUT2D eigenvalue weighted by atomic mass is 32.2. The zero-order chi connectivity index (χ0) is 20.9. The molecule has 156 valence electrons. The van der Waals surface area contributed by atoms with Crippen LogP contribution < -0.4 is 9.47 Å². The first-order chi connectivity index (χ1) is 13.1. The Morgan fingerprint density at radius 3 is 2.54 bits per heavy atom. The molecule has 1 aliphatic heterocycles. The number of hydrogen-bond acceptors (Lipinski definition) is 7. The Kier molecular flexibility index (Phi) is 7.29. The fourth-order valence-corrected chi connectivity index (χ4v) is 4.54. The van der Waals surface area contributed by atoms with Crippen molar-refractivity contribution in [1.29, 1.82) is 0 Å². The normalized spacial score (nSPS) is 18.0. The summed E-state index contributed by atoms with van der Waals surface area (Å²) in [5.41, 5.74) is 0.229. The molecule has 1 aliphatic rings. The molecule has 0 N–H and O–H groups in total. The van der Waals surface area contributed by atoms with Crippen molar-refractivity contribution < 1.29 is 32.2 Å². The van der Waals surface area contributed by atoms with Crippen LogP contribution in [0.2, 0.25) is 0 Å². The number of amides is 1. The first kappa shape index (κ1) is 22.0. The van der Waals surface area contributed by atoms with Crippen molar-refractivity contribution in [2.75, 3.05) is 38.9 Å². The average molecular weight is 413 g/mol. The van der Waals surface area contributed by atoms with Gasteiger partial charge in [0.15, 0.2) is 27.9 Å². The second-order valence-corrected chi connectivity index (χ2v) is 9.44. The lowest BCUT2D eigenvalue weighted by molar-refractivity contribution is -0.134. The number of methoxy groups -OCH3 is 1. The van der Waals surface area contributed by atoms with E-state index in [2.05, 4.69) is 0 Å². The van der Waals surface area contributed by atoms with Crippen molar-refractivity contribution in [1.82, 2.24) is 4.90 Å². The number of benzene rings is 1. The summed E-state index contributed by atoms with van der Waals surface area (Å²) in [6, 6.07) is 4.28.